The monoisotopic (exact) mass is 491 g/mol. The molecule has 0 radical (unpaired) electrons. The van der Waals surface area contributed by atoms with Crippen LogP contribution in [0.3, 0.4) is 0 Å². The van der Waals surface area contributed by atoms with Crippen LogP contribution in [0.4, 0.5) is 10.5 Å². The fourth-order valence-corrected chi connectivity index (χ4v) is 8.06. The number of rotatable bonds is 8. The van der Waals surface area contributed by atoms with Crippen LogP contribution in [-0.2, 0) is 4.74 Å². The molecule has 0 spiro atoms. The van der Waals surface area contributed by atoms with Crippen molar-refractivity contribution in [2.24, 2.45) is 0 Å². The zero-order chi connectivity index (χ0) is 22.9. The number of halogens is 1. The van der Waals surface area contributed by atoms with E-state index in [0.29, 0.717) is 18.5 Å². The third-order valence-corrected chi connectivity index (χ3v) is 9.98. The summed E-state index contributed by atoms with van der Waals surface area (Å²) in [6, 6.07) is 38.8. The number of anilines is 1. The number of ether oxygens (including phenoxy) is 2. The molecule has 0 saturated heterocycles. The molecular weight excluding hydrogens is 465 g/mol. The molecule has 1 amide bonds. The summed E-state index contributed by atoms with van der Waals surface area (Å²) in [5.74, 6) is 0.733. The van der Waals surface area contributed by atoms with Crippen molar-refractivity contribution in [3.63, 3.8) is 0 Å². The third kappa shape index (κ3) is 5.77. The Morgan fingerprint density at radius 1 is 0.706 bits per heavy atom. The predicted molar refractivity (Wildman–Crippen MR) is 138 cm³/mol. The van der Waals surface area contributed by atoms with Crippen molar-refractivity contribution in [2.75, 3.05) is 25.2 Å². The average Bonchev–Trinajstić information content (AvgIpc) is 2.89. The first-order valence-electron chi connectivity index (χ1n) is 10.8. The van der Waals surface area contributed by atoms with E-state index in [9.17, 15) is 4.79 Å². The van der Waals surface area contributed by atoms with E-state index >= 15 is 0 Å². The molecule has 0 bridgehead atoms. The predicted octanol–water partition coefficient (Wildman–Crippen LogP) is 2.24. The highest BCUT2D eigenvalue weighted by Crippen LogP contribution is 2.54. The minimum absolute atomic E-state index is 0. The second kappa shape index (κ2) is 12.2. The average molecular weight is 492 g/mol. The van der Waals surface area contributed by atoms with Gasteiger partial charge in [-0.05, 0) is 60.7 Å². The van der Waals surface area contributed by atoms with E-state index in [1.54, 1.807) is 31.4 Å². The molecule has 0 fully saturated rings. The number of hydrogen-bond acceptors (Lipinski definition) is 3. The Labute approximate surface area is 207 Å². The lowest BCUT2D eigenvalue weighted by atomic mass is 10.3. The van der Waals surface area contributed by atoms with Crippen LogP contribution in [0.5, 0.6) is 5.75 Å². The van der Waals surface area contributed by atoms with Gasteiger partial charge in [-0.15, -0.1) is 0 Å². The Balaban J connectivity index is 0.00000324. The maximum Gasteiger partial charge on any atom is 0.411 e. The summed E-state index contributed by atoms with van der Waals surface area (Å²) in [4.78, 5) is 12.5. The van der Waals surface area contributed by atoms with E-state index in [-0.39, 0.29) is 12.4 Å². The van der Waals surface area contributed by atoms with Gasteiger partial charge in [-0.2, -0.15) is 0 Å². The normalized spacial score (nSPS) is 10.6. The highest BCUT2D eigenvalue weighted by molar-refractivity contribution is 7.95. The van der Waals surface area contributed by atoms with E-state index in [0.717, 1.165) is 5.75 Å². The molecular formula is C28H27ClNO3P. The van der Waals surface area contributed by atoms with Gasteiger partial charge in [0.15, 0.2) is 0 Å². The van der Waals surface area contributed by atoms with Crippen molar-refractivity contribution in [2.45, 2.75) is 0 Å². The van der Waals surface area contributed by atoms with Crippen molar-refractivity contribution in [3.05, 3.63) is 115 Å². The second-order valence-corrected chi connectivity index (χ2v) is 11.1. The Morgan fingerprint density at radius 3 is 1.56 bits per heavy atom. The maximum atomic E-state index is 12.5. The van der Waals surface area contributed by atoms with Crippen molar-refractivity contribution in [1.29, 1.82) is 0 Å². The Bertz CT molecular complexity index is 1060. The molecule has 0 saturated carbocycles. The molecule has 0 aromatic heterocycles. The molecule has 0 aliphatic rings. The highest BCUT2D eigenvalue weighted by Gasteiger charge is 2.45. The van der Waals surface area contributed by atoms with Gasteiger partial charge in [0, 0.05) is 5.69 Å². The van der Waals surface area contributed by atoms with Crippen LogP contribution >= 0.6 is 7.26 Å². The van der Waals surface area contributed by atoms with Crippen LogP contribution in [0.15, 0.2) is 115 Å². The lowest BCUT2D eigenvalue weighted by Gasteiger charge is -2.27. The zero-order valence-electron chi connectivity index (χ0n) is 18.9. The minimum Gasteiger partial charge on any atom is -1.00 e. The molecule has 6 heteroatoms. The van der Waals surface area contributed by atoms with Crippen LogP contribution < -0.4 is 38.4 Å². The number of carbonyl (C=O) groups excluding carboxylic acids is 1. The van der Waals surface area contributed by atoms with Crippen LogP contribution in [0.25, 0.3) is 0 Å². The molecule has 0 atom stereocenters. The molecule has 4 nitrogen and oxygen atoms in total. The zero-order valence-corrected chi connectivity index (χ0v) is 20.6. The van der Waals surface area contributed by atoms with Gasteiger partial charge in [-0.3, -0.25) is 5.32 Å². The number of nitrogens with one attached hydrogen (secondary N) is 1. The summed E-state index contributed by atoms with van der Waals surface area (Å²) in [5.41, 5.74) is 0.663. The van der Waals surface area contributed by atoms with E-state index in [2.05, 4.69) is 78.1 Å². The summed E-state index contributed by atoms with van der Waals surface area (Å²) in [5, 5.41) is 6.59. The molecule has 174 valence electrons. The van der Waals surface area contributed by atoms with Gasteiger partial charge in [0.05, 0.1) is 7.11 Å². The lowest BCUT2D eigenvalue weighted by Crippen LogP contribution is -3.00. The lowest BCUT2D eigenvalue weighted by molar-refractivity contribution is -0.0000122. The molecule has 1 N–H and O–H groups in total. The van der Waals surface area contributed by atoms with Gasteiger partial charge in [-0.1, -0.05) is 54.6 Å². The summed E-state index contributed by atoms with van der Waals surface area (Å²) in [6.45, 7) is 0.300. The molecule has 0 aliphatic heterocycles. The number of hydrogen-bond donors (Lipinski definition) is 1. The van der Waals surface area contributed by atoms with Crippen molar-refractivity contribution in [3.8, 4) is 5.75 Å². The molecule has 34 heavy (non-hydrogen) atoms. The first-order chi connectivity index (χ1) is 16.2. The van der Waals surface area contributed by atoms with Gasteiger partial charge in [0.1, 0.15) is 41.7 Å². The van der Waals surface area contributed by atoms with E-state index in [1.165, 1.54) is 15.9 Å². The van der Waals surface area contributed by atoms with E-state index in [4.69, 9.17) is 9.47 Å². The first kappa shape index (κ1) is 25.3. The number of benzene rings is 4. The molecule has 0 unspecified atom stereocenters. The van der Waals surface area contributed by atoms with Crippen molar-refractivity contribution in [1.82, 2.24) is 0 Å². The van der Waals surface area contributed by atoms with Gasteiger partial charge in [0.25, 0.3) is 0 Å². The largest absolute Gasteiger partial charge is 1.00 e. The summed E-state index contributed by atoms with van der Waals surface area (Å²) in [7, 11) is -0.415. The van der Waals surface area contributed by atoms with Crippen molar-refractivity contribution >= 4 is 35.0 Å². The van der Waals surface area contributed by atoms with Crippen LogP contribution in [0.1, 0.15) is 0 Å². The summed E-state index contributed by atoms with van der Waals surface area (Å²) >= 11 is 0. The van der Waals surface area contributed by atoms with Gasteiger partial charge in [-0.25, -0.2) is 4.79 Å². The summed E-state index contributed by atoms with van der Waals surface area (Å²) in [6.07, 6.45) is 0.244. The molecule has 4 aromatic rings. The van der Waals surface area contributed by atoms with Crippen LogP contribution in [0, 0.1) is 0 Å². The van der Waals surface area contributed by atoms with Gasteiger partial charge in [0.2, 0.25) is 0 Å². The highest BCUT2D eigenvalue weighted by atomic mass is 35.5. The second-order valence-electron chi connectivity index (χ2n) is 7.53. The number of amides is 1. The minimum atomic E-state index is -2.02. The standard InChI is InChI=1S/C28H26NO3P.ClH/c1-31-24-19-17-23(18-20-24)29-28(30)32-21-22-33(25-11-5-2-6-12-25,26-13-7-3-8-14-26)27-15-9-4-10-16-27;/h2-20H,21-22H2,1H3;1H. The SMILES string of the molecule is COc1ccc(NC(=O)OCC[P+](c2ccccc2)(c2ccccc2)c2ccccc2)cc1.[Cl-]. The van der Waals surface area contributed by atoms with Crippen LogP contribution in [-0.4, -0.2) is 26.0 Å². The van der Waals surface area contributed by atoms with Gasteiger partial charge >= 0.3 is 6.09 Å². The van der Waals surface area contributed by atoms with E-state index in [1.807, 2.05) is 18.2 Å². The fourth-order valence-electron chi connectivity index (χ4n) is 3.99. The Hall–Kier alpha value is -3.33. The molecule has 0 aliphatic carbocycles. The van der Waals surface area contributed by atoms with E-state index < -0.39 is 13.4 Å². The molecule has 4 rings (SSSR count). The maximum absolute atomic E-state index is 12.5. The topological polar surface area (TPSA) is 47.6 Å². The first-order valence-corrected chi connectivity index (χ1v) is 12.8. The molecule has 4 aromatic carbocycles. The van der Waals surface area contributed by atoms with Gasteiger partial charge < -0.3 is 21.9 Å². The Morgan fingerprint density at radius 2 is 1.15 bits per heavy atom. The summed E-state index contributed by atoms with van der Waals surface area (Å²) < 4.78 is 10.8. The number of methoxy groups -OCH3 is 1. The number of carbonyl (C=O) groups is 1. The Kier molecular flexibility index (Phi) is 9.09. The van der Waals surface area contributed by atoms with Crippen molar-refractivity contribution < 1.29 is 26.7 Å². The fraction of sp³-hybridized carbons (Fsp3) is 0.107. The third-order valence-electron chi connectivity index (χ3n) is 5.59. The quantitative estimate of drug-likeness (QED) is 0.385. The molecule has 0 heterocycles. The van der Waals surface area contributed by atoms with Crippen LogP contribution in [0.2, 0.25) is 0 Å². The smallest absolute Gasteiger partial charge is 0.411 e.